The van der Waals surface area contributed by atoms with E-state index < -0.39 is 5.91 Å². The fourth-order valence-corrected chi connectivity index (χ4v) is 2.50. The third-order valence-electron chi connectivity index (χ3n) is 3.87. The topological polar surface area (TPSA) is 120 Å². The van der Waals surface area contributed by atoms with Crippen molar-refractivity contribution in [2.45, 2.75) is 19.4 Å². The van der Waals surface area contributed by atoms with E-state index >= 15 is 0 Å². The number of carbonyl (C=O) groups excluding carboxylic acids is 2. The zero-order chi connectivity index (χ0) is 19.2. The van der Waals surface area contributed by atoms with Gasteiger partial charge in [-0.05, 0) is 48.9 Å². The van der Waals surface area contributed by atoms with Crippen molar-refractivity contribution < 1.29 is 14.0 Å². The van der Waals surface area contributed by atoms with E-state index in [9.17, 15) is 14.4 Å². The molecule has 2 aromatic heterocycles. The molecule has 2 amide bonds. The third kappa shape index (κ3) is 4.69. The smallest absolute Gasteiger partial charge is 0.266 e. The van der Waals surface area contributed by atoms with E-state index in [1.807, 2.05) is 0 Å². The van der Waals surface area contributed by atoms with E-state index in [0.717, 1.165) is 0 Å². The summed E-state index contributed by atoms with van der Waals surface area (Å²) in [6.07, 6.45) is 2.20. The first kappa shape index (κ1) is 18.1. The van der Waals surface area contributed by atoms with E-state index in [2.05, 4.69) is 10.4 Å². The van der Waals surface area contributed by atoms with Gasteiger partial charge in [0.25, 0.3) is 5.56 Å². The van der Waals surface area contributed by atoms with Gasteiger partial charge in [-0.25, -0.2) is 4.68 Å². The molecule has 8 heteroatoms. The molecule has 0 fully saturated rings. The van der Waals surface area contributed by atoms with E-state index in [1.54, 1.807) is 42.5 Å². The number of nitrogens with one attached hydrogen (secondary N) is 1. The van der Waals surface area contributed by atoms with E-state index in [4.69, 9.17) is 10.2 Å². The van der Waals surface area contributed by atoms with Crippen LogP contribution in [0.25, 0.3) is 11.5 Å². The second kappa shape index (κ2) is 8.13. The zero-order valence-corrected chi connectivity index (χ0v) is 14.4. The lowest BCUT2D eigenvalue weighted by atomic mass is 10.2. The molecule has 0 bridgehead atoms. The second-order valence-electron chi connectivity index (χ2n) is 5.85. The molecule has 0 saturated carbocycles. The molecule has 0 saturated heterocycles. The summed E-state index contributed by atoms with van der Waals surface area (Å²) in [4.78, 5) is 35.0. The van der Waals surface area contributed by atoms with Gasteiger partial charge >= 0.3 is 0 Å². The first-order valence-corrected chi connectivity index (χ1v) is 8.35. The van der Waals surface area contributed by atoms with Crippen molar-refractivity contribution in [1.29, 1.82) is 0 Å². The Labute approximate surface area is 154 Å². The van der Waals surface area contributed by atoms with Crippen LogP contribution in [0.2, 0.25) is 0 Å². The number of aromatic nitrogens is 2. The van der Waals surface area contributed by atoms with Gasteiger partial charge in [-0.15, -0.1) is 0 Å². The average Bonchev–Trinajstić information content (AvgIpc) is 3.18. The van der Waals surface area contributed by atoms with Crippen LogP contribution in [0, 0.1) is 0 Å². The molecule has 138 valence electrons. The maximum absolute atomic E-state index is 12.0. The fourth-order valence-electron chi connectivity index (χ4n) is 2.50. The van der Waals surface area contributed by atoms with E-state index in [0.29, 0.717) is 35.7 Å². The first-order chi connectivity index (χ1) is 13.0. The Morgan fingerprint density at radius 3 is 2.56 bits per heavy atom. The molecule has 3 aromatic rings. The molecule has 3 rings (SSSR count). The molecule has 8 nitrogen and oxygen atoms in total. The minimum absolute atomic E-state index is 0.197. The predicted octanol–water partition coefficient (Wildman–Crippen LogP) is 2.02. The number of nitrogens with zero attached hydrogens (tertiary/aromatic N) is 2. The maximum atomic E-state index is 12.0. The fraction of sp³-hybridized carbons (Fsp3) is 0.158. The van der Waals surface area contributed by atoms with Crippen molar-refractivity contribution in [3.8, 4) is 11.5 Å². The highest BCUT2D eigenvalue weighted by Crippen LogP contribution is 2.15. The number of hydrogen-bond donors (Lipinski definition) is 2. The van der Waals surface area contributed by atoms with Crippen LogP contribution in [0.3, 0.4) is 0 Å². The summed E-state index contributed by atoms with van der Waals surface area (Å²) in [5, 5.41) is 6.99. The Hall–Kier alpha value is -3.68. The molecule has 0 radical (unpaired) electrons. The number of nitrogens with two attached hydrogens (primary N) is 1. The second-order valence-corrected chi connectivity index (χ2v) is 5.85. The standard InChI is InChI=1S/C19H18N4O4/c20-19(26)13-5-7-14(8-6-13)21-17(24)4-1-11-23-18(25)10-9-15(22-23)16-3-2-12-27-16/h2-3,5-10,12H,1,4,11H2,(H2,20,26)(H,21,24). The van der Waals surface area contributed by atoms with Crippen LogP contribution in [0.5, 0.6) is 0 Å². The predicted molar refractivity (Wildman–Crippen MR) is 99.0 cm³/mol. The van der Waals surface area contributed by atoms with Gasteiger partial charge in [0.2, 0.25) is 11.8 Å². The minimum atomic E-state index is -0.525. The number of rotatable bonds is 7. The molecule has 1 aromatic carbocycles. The number of furan rings is 1. The minimum Gasteiger partial charge on any atom is -0.463 e. The number of carbonyl (C=O) groups is 2. The van der Waals surface area contributed by atoms with Crippen LogP contribution in [-0.2, 0) is 11.3 Å². The van der Waals surface area contributed by atoms with E-state index in [1.165, 1.54) is 17.0 Å². The van der Waals surface area contributed by atoms with E-state index in [-0.39, 0.29) is 17.9 Å². The quantitative estimate of drug-likeness (QED) is 0.663. The number of hydrogen-bond acceptors (Lipinski definition) is 5. The number of anilines is 1. The zero-order valence-electron chi connectivity index (χ0n) is 14.4. The molecule has 0 aliphatic carbocycles. The molecule has 3 N–H and O–H groups in total. The van der Waals surface area contributed by atoms with Gasteiger partial charge in [-0.2, -0.15) is 5.10 Å². The number of amides is 2. The first-order valence-electron chi connectivity index (χ1n) is 8.35. The summed E-state index contributed by atoms with van der Waals surface area (Å²) in [5.74, 6) is -0.152. The van der Waals surface area contributed by atoms with Crippen molar-refractivity contribution >= 4 is 17.5 Å². The van der Waals surface area contributed by atoms with Crippen LogP contribution in [-0.4, -0.2) is 21.6 Å². The largest absolute Gasteiger partial charge is 0.463 e. The Morgan fingerprint density at radius 1 is 1.11 bits per heavy atom. The SMILES string of the molecule is NC(=O)c1ccc(NC(=O)CCCn2nc(-c3ccco3)ccc2=O)cc1. The van der Waals surface area contributed by atoms with Crippen molar-refractivity contribution in [3.63, 3.8) is 0 Å². The van der Waals surface area contributed by atoms with Gasteiger partial charge in [-0.1, -0.05) is 0 Å². The lowest BCUT2D eigenvalue weighted by Gasteiger charge is -2.07. The van der Waals surface area contributed by atoms with Crippen molar-refractivity contribution in [3.05, 3.63) is 70.7 Å². The maximum Gasteiger partial charge on any atom is 0.266 e. The Bertz CT molecular complexity index is 991. The van der Waals surface area contributed by atoms with Crippen molar-refractivity contribution in [2.24, 2.45) is 5.73 Å². The van der Waals surface area contributed by atoms with Gasteiger partial charge in [0.05, 0.1) is 6.26 Å². The number of aryl methyl sites for hydroxylation is 1. The summed E-state index contributed by atoms with van der Waals surface area (Å²) in [6.45, 7) is 0.307. The average molecular weight is 366 g/mol. The summed E-state index contributed by atoms with van der Waals surface area (Å²) in [7, 11) is 0. The van der Waals surface area contributed by atoms with Gasteiger partial charge in [0.1, 0.15) is 5.69 Å². The van der Waals surface area contributed by atoms with Crippen LogP contribution in [0.4, 0.5) is 5.69 Å². The third-order valence-corrected chi connectivity index (χ3v) is 3.87. The Morgan fingerprint density at radius 2 is 1.89 bits per heavy atom. The molecular formula is C19H18N4O4. The highest BCUT2D eigenvalue weighted by molar-refractivity contribution is 5.94. The number of benzene rings is 1. The lowest BCUT2D eigenvalue weighted by molar-refractivity contribution is -0.116. The van der Waals surface area contributed by atoms with Gasteiger partial charge in [0.15, 0.2) is 5.76 Å². The summed E-state index contributed by atoms with van der Waals surface area (Å²) < 4.78 is 6.59. The molecule has 0 unspecified atom stereocenters. The van der Waals surface area contributed by atoms with Crippen LogP contribution in [0.15, 0.2) is 64.0 Å². The molecule has 0 spiro atoms. The summed E-state index contributed by atoms with van der Waals surface area (Å²) in [6, 6.07) is 12.8. The number of primary amides is 1. The van der Waals surface area contributed by atoms with Crippen molar-refractivity contribution in [1.82, 2.24) is 9.78 Å². The summed E-state index contributed by atoms with van der Waals surface area (Å²) in [5.41, 5.74) is 6.43. The molecule has 2 heterocycles. The Balaban J connectivity index is 1.55. The van der Waals surface area contributed by atoms with Gasteiger partial charge in [-0.3, -0.25) is 14.4 Å². The molecule has 0 aliphatic heterocycles. The molecule has 27 heavy (non-hydrogen) atoms. The Kier molecular flexibility index (Phi) is 5.46. The highest BCUT2D eigenvalue weighted by atomic mass is 16.3. The lowest BCUT2D eigenvalue weighted by Crippen LogP contribution is -2.23. The van der Waals surface area contributed by atoms with Crippen LogP contribution < -0.4 is 16.6 Å². The van der Waals surface area contributed by atoms with Crippen molar-refractivity contribution in [2.75, 3.05) is 5.32 Å². The monoisotopic (exact) mass is 366 g/mol. The van der Waals surface area contributed by atoms with Gasteiger partial charge in [0, 0.05) is 30.3 Å². The highest BCUT2D eigenvalue weighted by Gasteiger charge is 2.08. The van der Waals surface area contributed by atoms with Crippen LogP contribution >= 0.6 is 0 Å². The molecule has 0 atom stereocenters. The van der Waals surface area contributed by atoms with Gasteiger partial charge < -0.3 is 15.5 Å². The summed E-state index contributed by atoms with van der Waals surface area (Å²) >= 11 is 0. The molecule has 0 aliphatic rings. The normalized spacial score (nSPS) is 10.5. The molecular weight excluding hydrogens is 348 g/mol. The van der Waals surface area contributed by atoms with Crippen LogP contribution in [0.1, 0.15) is 23.2 Å².